The van der Waals surface area contributed by atoms with Crippen LogP contribution in [-0.2, 0) is 0 Å². The molecule has 1 saturated heterocycles. The molecule has 1 aliphatic rings. The lowest BCUT2D eigenvalue weighted by atomic mass is 10.1. The molecule has 0 spiro atoms. The van der Waals surface area contributed by atoms with Crippen LogP contribution in [0.4, 0.5) is 10.6 Å². The van der Waals surface area contributed by atoms with Crippen LogP contribution in [0.15, 0.2) is 41.5 Å². The Morgan fingerprint density at radius 1 is 1.28 bits per heavy atom. The first-order valence-electron chi connectivity index (χ1n) is 8.15. The third-order valence-corrected chi connectivity index (χ3v) is 4.61. The van der Waals surface area contributed by atoms with Gasteiger partial charge in [0.25, 0.3) is 5.56 Å². The van der Waals surface area contributed by atoms with Crippen LogP contribution in [0.3, 0.4) is 0 Å². The summed E-state index contributed by atoms with van der Waals surface area (Å²) in [4.78, 5) is 34.6. The van der Waals surface area contributed by atoms with Gasteiger partial charge < -0.3 is 20.1 Å². The van der Waals surface area contributed by atoms with Crippen molar-refractivity contribution in [3.05, 3.63) is 57.6 Å². The molecule has 1 aliphatic heterocycles. The normalized spacial score (nSPS) is 15.8. The molecule has 2 heterocycles. The molecule has 0 saturated carbocycles. The summed E-state index contributed by atoms with van der Waals surface area (Å²) in [7, 11) is 0. The number of nitrogens with one attached hydrogen (secondary N) is 2. The van der Waals surface area contributed by atoms with Gasteiger partial charge in [-0.05, 0) is 18.6 Å². The van der Waals surface area contributed by atoms with E-state index >= 15 is 0 Å². The number of hydrogen-bond acceptors (Lipinski definition) is 4. The largest absolute Gasteiger partial charge is 0.348 e. The molecule has 3 rings (SSSR count). The molecule has 0 bridgehead atoms. The Balaban J connectivity index is 1.58. The van der Waals surface area contributed by atoms with Crippen LogP contribution in [0, 0.1) is 0 Å². The summed E-state index contributed by atoms with van der Waals surface area (Å²) in [6, 6.07) is 7.15. The molecule has 7 nitrogen and oxygen atoms in total. The Bertz CT molecular complexity index is 801. The Hall–Kier alpha value is -2.54. The lowest BCUT2D eigenvalue weighted by molar-refractivity contribution is 0.191. The number of carbonyl (C=O) groups excluding carboxylic acids is 1. The van der Waals surface area contributed by atoms with Crippen LogP contribution in [0.25, 0.3) is 0 Å². The van der Waals surface area contributed by atoms with Crippen molar-refractivity contribution in [3.63, 3.8) is 0 Å². The van der Waals surface area contributed by atoms with Gasteiger partial charge >= 0.3 is 6.03 Å². The number of hydrogen-bond donors (Lipinski definition) is 2. The SMILES string of the molecule is C[C@H](NC(=O)N1CCN(c2ncc[nH]c2=O)CC1)c1ccccc1Cl. The van der Waals surface area contributed by atoms with Crippen molar-refractivity contribution in [3.8, 4) is 0 Å². The zero-order valence-corrected chi connectivity index (χ0v) is 14.7. The van der Waals surface area contributed by atoms with Gasteiger partial charge in [0, 0.05) is 43.6 Å². The van der Waals surface area contributed by atoms with E-state index in [0.717, 1.165) is 5.56 Å². The molecular formula is C17H20ClN5O2. The van der Waals surface area contributed by atoms with Crippen LogP contribution in [0.1, 0.15) is 18.5 Å². The van der Waals surface area contributed by atoms with E-state index in [9.17, 15) is 9.59 Å². The highest BCUT2D eigenvalue weighted by atomic mass is 35.5. The predicted molar refractivity (Wildman–Crippen MR) is 97.0 cm³/mol. The molecule has 2 N–H and O–H groups in total. The number of aromatic amines is 1. The van der Waals surface area contributed by atoms with Gasteiger partial charge in [0.05, 0.1) is 6.04 Å². The second-order valence-corrected chi connectivity index (χ2v) is 6.32. The molecule has 2 aromatic rings. The van der Waals surface area contributed by atoms with Crippen molar-refractivity contribution < 1.29 is 4.79 Å². The van der Waals surface area contributed by atoms with Gasteiger partial charge in [0.1, 0.15) is 0 Å². The summed E-state index contributed by atoms with van der Waals surface area (Å²) in [5.74, 6) is 0.395. The number of anilines is 1. The fraction of sp³-hybridized carbons (Fsp3) is 0.353. The van der Waals surface area contributed by atoms with Crippen LogP contribution in [0.2, 0.25) is 5.02 Å². The molecule has 0 radical (unpaired) electrons. The highest BCUT2D eigenvalue weighted by Crippen LogP contribution is 2.22. The Morgan fingerprint density at radius 3 is 2.68 bits per heavy atom. The number of rotatable bonds is 3. The molecule has 1 atom stereocenters. The first-order valence-corrected chi connectivity index (χ1v) is 8.52. The first kappa shape index (κ1) is 17.3. The number of halogens is 1. The minimum absolute atomic E-state index is 0.137. The standard InChI is InChI=1S/C17H20ClN5O2/c1-12(13-4-2-3-5-14(13)18)21-17(25)23-10-8-22(9-11-23)15-16(24)20-7-6-19-15/h2-7,12H,8-11H2,1H3,(H,20,24)(H,21,25)/t12-/m0/s1. The van der Waals surface area contributed by atoms with E-state index in [-0.39, 0.29) is 17.6 Å². The highest BCUT2D eigenvalue weighted by Gasteiger charge is 2.24. The fourth-order valence-corrected chi connectivity index (χ4v) is 3.17. The number of piperazine rings is 1. The number of urea groups is 1. The molecule has 2 amide bonds. The van der Waals surface area contributed by atoms with Crippen LogP contribution in [0.5, 0.6) is 0 Å². The number of nitrogens with zero attached hydrogens (tertiary/aromatic N) is 3. The Labute approximate surface area is 150 Å². The number of benzene rings is 1. The summed E-state index contributed by atoms with van der Waals surface area (Å²) in [5.41, 5.74) is 0.670. The lowest BCUT2D eigenvalue weighted by Crippen LogP contribution is -2.53. The summed E-state index contributed by atoms with van der Waals surface area (Å²) in [6.07, 6.45) is 3.06. The maximum Gasteiger partial charge on any atom is 0.317 e. The molecule has 0 aliphatic carbocycles. The summed E-state index contributed by atoms with van der Waals surface area (Å²) < 4.78 is 0. The number of amides is 2. The molecule has 1 fully saturated rings. The minimum atomic E-state index is -0.215. The number of H-pyrrole nitrogens is 1. The van der Waals surface area contributed by atoms with E-state index in [1.54, 1.807) is 11.1 Å². The molecule has 1 aromatic heterocycles. The van der Waals surface area contributed by atoms with Gasteiger partial charge in [-0.2, -0.15) is 0 Å². The van der Waals surface area contributed by atoms with Gasteiger partial charge in [0.2, 0.25) is 0 Å². The van der Waals surface area contributed by atoms with Gasteiger partial charge in [-0.25, -0.2) is 9.78 Å². The fourth-order valence-electron chi connectivity index (χ4n) is 2.87. The smallest absolute Gasteiger partial charge is 0.317 e. The predicted octanol–water partition coefficient (Wildman–Crippen LogP) is 2.02. The second kappa shape index (κ2) is 7.57. The summed E-state index contributed by atoms with van der Waals surface area (Å²) >= 11 is 6.18. The second-order valence-electron chi connectivity index (χ2n) is 5.91. The topological polar surface area (TPSA) is 81.3 Å². The average molecular weight is 362 g/mol. The minimum Gasteiger partial charge on any atom is -0.348 e. The van der Waals surface area contributed by atoms with E-state index in [4.69, 9.17) is 11.6 Å². The number of carbonyl (C=O) groups is 1. The molecular weight excluding hydrogens is 342 g/mol. The Morgan fingerprint density at radius 2 is 2.00 bits per heavy atom. The van der Waals surface area contributed by atoms with Gasteiger partial charge in [-0.3, -0.25) is 4.79 Å². The van der Waals surface area contributed by atoms with Crippen molar-refractivity contribution in [1.29, 1.82) is 0 Å². The molecule has 1 aromatic carbocycles. The summed E-state index contributed by atoms with van der Waals surface area (Å²) in [5, 5.41) is 3.61. The van der Waals surface area contributed by atoms with Gasteiger partial charge in [0.15, 0.2) is 5.82 Å². The maximum atomic E-state index is 12.5. The molecule has 132 valence electrons. The van der Waals surface area contributed by atoms with E-state index in [1.807, 2.05) is 36.1 Å². The average Bonchev–Trinajstić information content (AvgIpc) is 2.62. The van der Waals surface area contributed by atoms with Crippen LogP contribution < -0.4 is 15.8 Å². The van der Waals surface area contributed by atoms with Gasteiger partial charge in [-0.1, -0.05) is 29.8 Å². The Kier molecular flexibility index (Phi) is 5.23. The third-order valence-electron chi connectivity index (χ3n) is 4.27. The van der Waals surface area contributed by atoms with E-state index in [2.05, 4.69) is 15.3 Å². The first-order chi connectivity index (χ1) is 12.1. The van der Waals surface area contributed by atoms with Crippen LogP contribution >= 0.6 is 11.6 Å². The van der Waals surface area contributed by atoms with Crippen molar-refractivity contribution in [2.45, 2.75) is 13.0 Å². The monoisotopic (exact) mass is 361 g/mol. The maximum absolute atomic E-state index is 12.5. The quantitative estimate of drug-likeness (QED) is 0.876. The highest BCUT2D eigenvalue weighted by molar-refractivity contribution is 6.31. The van der Waals surface area contributed by atoms with E-state index in [0.29, 0.717) is 37.0 Å². The molecule has 25 heavy (non-hydrogen) atoms. The zero-order chi connectivity index (χ0) is 17.8. The number of aromatic nitrogens is 2. The van der Waals surface area contributed by atoms with Crippen LogP contribution in [-0.4, -0.2) is 47.1 Å². The third kappa shape index (κ3) is 3.93. The molecule has 8 heteroatoms. The van der Waals surface area contributed by atoms with E-state index < -0.39 is 0 Å². The van der Waals surface area contributed by atoms with Crippen molar-refractivity contribution in [1.82, 2.24) is 20.2 Å². The zero-order valence-electron chi connectivity index (χ0n) is 13.9. The van der Waals surface area contributed by atoms with E-state index in [1.165, 1.54) is 6.20 Å². The lowest BCUT2D eigenvalue weighted by Gasteiger charge is -2.35. The molecule has 0 unspecified atom stereocenters. The van der Waals surface area contributed by atoms with Crippen molar-refractivity contribution in [2.75, 3.05) is 31.1 Å². The van der Waals surface area contributed by atoms with Crippen molar-refractivity contribution >= 4 is 23.4 Å². The summed E-state index contributed by atoms with van der Waals surface area (Å²) in [6.45, 7) is 4.08. The van der Waals surface area contributed by atoms with Crippen molar-refractivity contribution in [2.24, 2.45) is 0 Å². The van der Waals surface area contributed by atoms with Gasteiger partial charge in [-0.15, -0.1) is 0 Å².